The summed E-state index contributed by atoms with van der Waals surface area (Å²) in [6.07, 6.45) is 1.83. The third-order valence-corrected chi connectivity index (χ3v) is 2.93. The molecule has 0 fully saturated rings. The van der Waals surface area contributed by atoms with Gasteiger partial charge in [0.1, 0.15) is 5.82 Å². The van der Waals surface area contributed by atoms with Gasteiger partial charge in [-0.3, -0.25) is 0 Å². The zero-order chi connectivity index (χ0) is 13.9. The van der Waals surface area contributed by atoms with Crippen molar-refractivity contribution in [1.29, 1.82) is 0 Å². The number of halogens is 1. The molecule has 0 aliphatic carbocycles. The molecule has 0 spiro atoms. The van der Waals surface area contributed by atoms with Crippen LogP contribution in [0.1, 0.15) is 0 Å². The zero-order valence-electron chi connectivity index (χ0n) is 10.5. The van der Waals surface area contributed by atoms with Crippen LogP contribution in [0.2, 0.25) is 0 Å². The monoisotopic (exact) mass is 269 g/mol. The number of benzene rings is 2. The first-order chi connectivity index (χ1) is 9.72. The summed E-state index contributed by atoms with van der Waals surface area (Å²) in [4.78, 5) is 14.9. The highest BCUT2D eigenvalue weighted by Gasteiger charge is 2.06. The van der Waals surface area contributed by atoms with Crippen molar-refractivity contribution in [3.05, 3.63) is 60.5 Å². The quantitative estimate of drug-likeness (QED) is 0.648. The minimum atomic E-state index is -0.481. The minimum absolute atomic E-state index is 0.146. The van der Waals surface area contributed by atoms with Gasteiger partial charge in [0, 0.05) is 22.8 Å². The molecule has 0 radical (unpaired) electrons. The van der Waals surface area contributed by atoms with E-state index in [1.165, 1.54) is 12.1 Å². The van der Waals surface area contributed by atoms with Crippen molar-refractivity contribution >= 4 is 28.3 Å². The summed E-state index contributed by atoms with van der Waals surface area (Å²) in [5.74, 6) is -0.469. The third kappa shape index (κ3) is 2.47. The molecule has 1 aromatic heterocycles. The van der Waals surface area contributed by atoms with Crippen LogP contribution in [0.25, 0.3) is 10.9 Å². The van der Waals surface area contributed by atoms with E-state index in [1.807, 2.05) is 24.4 Å². The van der Waals surface area contributed by atoms with E-state index < -0.39 is 11.8 Å². The molecule has 2 amide bonds. The molecule has 0 bridgehead atoms. The van der Waals surface area contributed by atoms with Crippen molar-refractivity contribution in [2.24, 2.45) is 0 Å². The van der Waals surface area contributed by atoms with E-state index in [0.717, 1.165) is 10.9 Å². The Labute approximate surface area is 114 Å². The number of rotatable bonds is 2. The lowest BCUT2D eigenvalue weighted by Gasteiger charge is -2.08. The summed E-state index contributed by atoms with van der Waals surface area (Å²) < 4.78 is 13.4. The van der Waals surface area contributed by atoms with E-state index in [1.54, 1.807) is 18.2 Å². The van der Waals surface area contributed by atoms with Gasteiger partial charge < -0.3 is 15.6 Å². The van der Waals surface area contributed by atoms with Crippen LogP contribution in [0.3, 0.4) is 0 Å². The summed E-state index contributed by atoms with van der Waals surface area (Å²) in [5, 5.41) is 6.13. The highest BCUT2D eigenvalue weighted by atomic mass is 19.1. The third-order valence-electron chi connectivity index (χ3n) is 2.93. The summed E-state index contributed by atoms with van der Waals surface area (Å²) in [7, 11) is 0. The van der Waals surface area contributed by atoms with Crippen LogP contribution in [-0.2, 0) is 0 Å². The number of amides is 2. The maximum Gasteiger partial charge on any atom is 0.323 e. The highest BCUT2D eigenvalue weighted by molar-refractivity contribution is 6.01. The maximum absolute atomic E-state index is 13.4. The van der Waals surface area contributed by atoms with Gasteiger partial charge >= 0.3 is 6.03 Å². The van der Waals surface area contributed by atoms with Crippen molar-refractivity contribution in [3.8, 4) is 0 Å². The number of hydrogen-bond acceptors (Lipinski definition) is 1. The predicted molar refractivity (Wildman–Crippen MR) is 77.3 cm³/mol. The molecule has 1 heterocycles. The summed E-state index contributed by atoms with van der Waals surface area (Å²) in [6.45, 7) is 0. The fourth-order valence-corrected chi connectivity index (χ4v) is 1.98. The fraction of sp³-hybridized carbons (Fsp3) is 0. The van der Waals surface area contributed by atoms with Gasteiger partial charge in [0.2, 0.25) is 0 Å². The Kier molecular flexibility index (Phi) is 3.09. The van der Waals surface area contributed by atoms with Crippen LogP contribution in [0.15, 0.2) is 54.7 Å². The molecule has 0 unspecified atom stereocenters. The first-order valence-corrected chi connectivity index (χ1v) is 6.12. The van der Waals surface area contributed by atoms with Crippen LogP contribution in [0, 0.1) is 5.82 Å². The van der Waals surface area contributed by atoms with Crippen molar-refractivity contribution in [3.63, 3.8) is 0 Å². The second-order valence-corrected chi connectivity index (χ2v) is 4.34. The van der Waals surface area contributed by atoms with Crippen LogP contribution in [0.5, 0.6) is 0 Å². The smallest absolute Gasteiger partial charge is 0.323 e. The molecule has 3 aromatic rings. The lowest BCUT2D eigenvalue weighted by molar-refractivity contribution is 0.262. The number of carbonyl (C=O) groups is 1. The molecule has 100 valence electrons. The first kappa shape index (κ1) is 12.2. The number of para-hydroxylation sites is 1. The van der Waals surface area contributed by atoms with Gasteiger partial charge in [0.15, 0.2) is 0 Å². The van der Waals surface area contributed by atoms with E-state index in [-0.39, 0.29) is 5.69 Å². The fourth-order valence-electron chi connectivity index (χ4n) is 1.98. The van der Waals surface area contributed by atoms with Gasteiger partial charge in [-0.1, -0.05) is 12.1 Å². The Hall–Kier alpha value is -2.82. The van der Waals surface area contributed by atoms with Crippen molar-refractivity contribution in [2.45, 2.75) is 0 Å². The Morgan fingerprint density at radius 1 is 1.05 bits per heavy atom. The van der Waals surface area contributed by atoms with Crippen molar-refractivity contribution in [2.75, 3.05) is 10.6 Å². The molecule has 0 aliphatic rings. The Bertz CT molecular complexity index is 766. The largest absolute Gasteiger partial charge is 0.361 e. The molecule has 3 rings (SSSR count). The molecule has 0 aliphatic heterocycles. The molecule has 5 heteroatoms. The highest BCUT2D eigenvalue weighted by Crippen LogP contribution is 2.18. The summed E-state index contributed by atoms with van der Waals surface area (Å²) in [6, 6.07) is 12.9. The zero-order valence-corrected chi connectivity index (χ0v) is 10.5. The number of aromatic nitrogens is 1. The van der Waals surface area contributed by atoms with Crippen molar-refractivity contribution < 1.29 is 9.18 Å². The molecular formula is C15H12FN3O. The lowest BCUT2D eigenvalue weighted by Crippen LogP contribution is -2.20. The standard InChI is InChI=1S/C15H12FN3O/c16-12-3-1-2-4-14(12)19-15(20)18-11-5-6-13-10(9-11)7-8-17-13/h1-9,17H,(H2,18,19,20). The number of fused-ring (bicyclic) bond motifs is 1. The summed E-state index contributed by atoms with van der Waals surface area (Å²) in [5.41, 5.74) is 1.78. The number of anilines is 2. The van der Waals surface area contributed by atoms with Crippen LogP contribution < -0.4 is 10.6 Å². The van der Waals surface area contributed by atoms with Gasteiger partial charge in [-0.25, -0.2) is 9.18 Å². The molecule has 0 saturated carbocycles. The van der Waals surface area contributed by atoms with Gasteiger partial charge in [0.05, 0.1) is 5.69 Å². The van der Waals surface area contributed by atoms with Crippen molar-refractivity contribution in [1.82, 2.24) is 4.98 Å². The topological polar surface area (TPSA) is 56.9 Å². The van der Waals surface area contributed by atoms with E-state index in [0.29, 0.717) is 5.69 Å². The normalized spacial score (nSPS) is 10.4. The average molecular weight is 269 g/mol. The lowest BCUT2D eigenvalue weighted by atomic mass is 10.2. The van der Waals surface area contributed by atoms with Gasteiger partial charge in [-0.15, -0.1) is 0 Å². The number of aromatic amines is 1. The maximum atomic E-state index is 13.4. The van der Waals surface area contributed by atoms with E-state index in [9.17, 15) is 9.18 Å². The Morgan fingerprint density at radius 3 is 2.75 bits per heavy atom. The second kappa shape index (κ2) is 5.05. The predicted octanol–water partition coefficient (Wildman–Crippen LogP) is 3.95. The molecular weight excluding hydrogens is 257 g/mol. The molecule has 2 aromatic carbocycles. The number of hydrogen-bond donors (Lipinski definition) is 3. The van der Waals surface area contributed by atoms with Gasteiger partial charge in [-0.2, -0.15) is 0 Å². The molecule has 0 saturated heterocycles. The SMILES string of the molecule is O=C(Nc1ccc2[nH]ccc2c1)Nc1ccccc1F. The molecule has 4 nitrogen and oxygen atoms in total. The number of H-pyrrole nitrogens is 1. The summed E-state index contributed by atoms with van der Waals surface area (Å²) >= 11 is 0. The Balaban J connectivity index is 1.74. The number of urea groups is 1. The molecule has 3 N–H and O–H groups in total. The number of nitrogens with one attached hydrogen (secondary N) is 3. The van der Waals surface area contributed by atoms with Crippen LogP contribution in [-0.4, -0.2) is 11.0 Å². The average Bonchev–Trinajstić information content (AvgIpc) is 2.89. The van der Waals surface area contributed by atoms with Crippen LogP contribution in [0.4, 0.5) is 20.6 Å². The van der Waals surface area contributed by atoms with Gasteiger partial charge in [0.25, 0.3) is 0 Å². The van der Waals surface area contributed by atoms with Crippen LogP contribution >= 0.6 is 0 Å². The first-order valence-electron chi connectivity index (χ1n) is 6.12. The second-order valence-electron chi connectivity index (χ2n) is 4.34. The molecule has 0 atom stereocenters. The van der Waals surface area contributed by atoms with E-state index in [4.69, 9.17) is 0 Å². The van der Waals surface area contributed by atoms with E-state index >= 15 is 0 Å². The number of carbonyl (C=O) groups excluding carboxylic acids is 1. The molecule has 20 heavy (non-hydrogen) atoms. The minimum Gasteiger partial charge on any atom is -0.361 e. The van der Waals surface area contributed by atoms with E-state index in [2.05, 4.69) is 15.6 Å². The Morgan fingerprint density at radius 2 is 1.90 bits per heavy atom. The van der Waals surface area contributed by atoms with Gasteiger partial charge in [-0.05, 0) is 36.4 Å².